The molecule has 0 N–H and O–H groups in total. The smallest absolute Gasteiger partial charge is 0.223 e. The first-order valence-corrected chi connectivity index (χ1v) is 8.60. The lowest BCUT2D eigenvalue weighted by Crippen LogP contribution is -2.38. The molecule has 2 aliphatic heterocycles. The van der Waals surface area contributed by atoms with E-state index in [1.54, 1.807) is 0 Å². The van der Waals surface area contributed by atoms with E-state index in [0.29, 0.717) is 24.9 Å². The molecule has 5 heteroatoms. The van der Waals surface area contributed by atoms with Gasteiger partial charge in [0.1, 0.15) is 11.6 Å². The molecule has 1 saturated heterocycles. The van der Waals surface area contributed by atoms with Crippen molar-refractivity contribution in [3.63, 3.8) is 0 Å². The Balaban J connectivity index is 1.50. The molecule has 2 fully saturated rings. The first-order chi connectivity index (χ1) is 10.7. The Morgan fingerprint density at radius 2 is 1.91 bits per heavy atom. The number of carbonyl (C=O) groups is 1. The van der Waals surface area contributed by atoms with E-state index >= 15 is 0 Å². The second-order valence-electron chi connectivity index (χ2n) is 6.96. The summed E-state index contributed by atoms with van der Waals surface area (Å²) in [6.07, 6.45) is 7.00. The Hall–Kier alpha value is -1.65. The molecule has 3 heterocycles. The molecule has 1 aliphatic carbocycles. The third-order valence-corrected chi connectivity index (χ3v) is 5.32. The topological polar surface area (TPSA) is 49.3 Å². The van der Waals surface area contributed by atoms with E-state index in [1.165, 1.54) is 37.7 Å². The van der Waals surface area contributed by atoms with E-state index in [0.717, 1.165) is 36.8 Å². The number of fused-ring (bicyclic) bond motifs is 1. The summed E-state index contributed by atoms with van der Waals surface area (Å²) in [5.74, 6) is 2.81. The SMILES string of the molecule is Cc1nc2c(c(N3CCC3)n1)CN(C(=O)CC1CCCC1)C2. The van der Waals surface area contributed by atoms with E-state index < -0.39 is 0 Å². The lowest BCUT2D eigenvalue weighted by atomic mass is 10.0. The number of amides is 1. The molecule has 5 nitrogen and oxygen atoms in total. The van der Waals surface area contributed by atoms with Gasteiger partial charge < -0.3 is 9.80 Å². The van der Waals surface area contributed by atoms with Gasteiger partial charge in [0.2, 0.25) is 5.91 Å². The number of aryl methyl sites for hydroxylation is 1. The molecule has 0 atom stereocenters. The van der Waals surface area contributed by atoms with Crippen LogP contribution in [0.5, 0.6) is 0 Å². The molecule has 118 valence electrons. The van der Waals surface area contributed by atoms with E-state index in [2.05, 4.69) is 14.9 Å². The second kappa shape index (κ2) is 5.52. The average Bonchev–Trinajstić information content (AvgIpc) is 3.05. The van der Waals surface area contributed by atoms with Crippen molar-refractivity contribution in [3.8, 4) is 0 Å². The molecule has 0 unspecified atom stereocenters. The van der Waals surface area contributed by atoms with Crippen molar-refractivity contribution in [2.75, 3.05) is 18.0 Å². The van der Waals surface area contributed by atoms with Crippen molar-refractivity contribution in [1.82, 2.24) is 14.9 Å². The summed E-state index contributed by atoms with van der Waals surface area (Å²) in [5, 5.41) is 0. The van der Waals surface area contributed by atoms with Crippen LogP contribution in [0, 0.1) is 12.8 Å². The molecule has 1 aromatic heterocycles. The van der Waals surface area contributed by atoms with Gasteiger partial charge >= 0.3 is 0 Å². The van der Waals surface area contributed by atoms with Crippen LogP contribution in [0.3, 0.4) is 0 Å². The number of hydrogen-bond donors (Lipinski definition) is 0. The Bertz CT molecular complexity index is 591. The first-order valence-electron chi connectivity index (χ1n) is 8.60. The maximum absolute atomic E-state index is 12.6. The summed E-state index contributed by atoms with van der Waals surface area (Å²) in [6, 6.07) is 0. The Morgan fingerprint density at radius 3 is 2.59 bits per heavy atom. The fourth-order valence-corrected chi connectivity index (χ4v) is 3.91. The van der Waals surface area contributed by atoms with Crippen LogP contribution in [-0.4, -0.2) is 33.9 Å². The predicted octanol–water partition coefficient (Wildman–Crippen LogP) is 2.42. The molecule has 3 aliphatic rings. The van der Waals surface area contributed by atoms with Crippen molar-refractivity contribution < 1.29 is 4.79 Å². The van der Waals surface area contributed by atoms with Gasteiger partial charge in [-0.25, -0.2) is 9.97 Å². The van der Waals surface area contributed by atoms with Gasteiger partial charge in [0, 0.05) is 25.1 Å². The highest BCUT2D eigenvalue weighted by molar-refractivity contribution is 5.77. The maximum atomic E-state index is 12.6. The summed E-state index contributed by atoms with van der Waals surface area (Å²) < 4.78 is 0. The van der Waals surface area contributed by atoms with Crippen LogP contribution in [-0.2, 0) is 17.9 Å². The van der Waals surface area contributed by atoms with Crippen LogP contribution >= 0.6 is 0 Å². The van der Waals surface area contributed by atoms with Gasteiger partial charge in [0.15, 0.2) is 0 Å². The Labute approximate surface area is 131 Å². The van der Waals surface area contributed by atoms with Crippen molar-refractivity contribution in [2.24, 2.45) is 5.92 Å². The molecule has 0 bridgehead atoms. The number of anilines is 1. The monoisotopic (exact) mass is 300 g/mol. The summed E-state index contributed by atoms with van der Waals surface area (Å²) in [5.41, 5.74) is 2.25. The van der Waals surface area contributed by atoms with Crippen LogP contribution in [0.2, 0.25) is 0 Å². The van der Waals surface area contributed by atoms with Crippen molar-refractivity contribution in [3.05, 3.63) is 17.1 Å². The number of carbonyl (C=O) groups excluding carboxylic acids is 1. The maximum Gasteiger partial charge on any atom is 0.223 e. The molecule has 22 heavy (non-hydrogen) atoms. The lowest BCUT2D eigenvalue weighted by Gasteiger charge is -2.33. The van der Waals surface area contributed by atoms with Crippen LogP contribution < -0.4 is 4.90 Å². The fraction of sp³-hybridized carbons (Fsp3) is 0.706. The molecular weight excluding hydrogens is 276 g/mol. The Morgan fingerprint density at radius 1 is 1.14 bits per heavy atom. The fourth-order valence-electron chi connectivity index (χ4n) is 3.91. The summed E-state index contributed by atoms with van der Waals surface area (Å²) in [6.45, 7) is 5.49. The van der Waals surface area contributed by atoms with Gasteiger partial charge in [-0.3, -0.25) is 4.79 Å². The van der Waals surface area contributed by atoms with Crippen molar-refractivity contribution in [1.29, 1.82) is 0 Å². The Kier molecular flexibility index (Phi) is 3.51. The zero-order valence-corrected chi connectivity index (χ0v) is 13.3. The quantitative estimate of drug-likeness (QED) is 0.860. The minimum atomic E-state index is 0.303. The van der Waals surface area contributed by atoms with Gasteiger partial charge in [-0.2, -0.15) is 0 Å². The zero-order valence-electron chi connectivity index (χ0n) is 13.3. The zero-order chi connectivity index (χ0) is 15.1. The van der Waals surface area contributed by atoms with Crippen molar-refractivity contribution >= 4 is 11.7 Å². The largest absolute Gasteiger partial charge is 0.356 e. The minimum Gasteiger partial charge on any atom is -0.356 e. The van der Waals surface area contributed by atoms with Crippen molar-refractivity contribution in [2.45, 2.75) is 58.5 Å². The van der Waals surface area contributed by atoms with Gasteiger partial charge in [-0.1, -0.05) is 12.8 Å². The molecule has 0 aromatic carbocycles. The first kappa shape index (κ1) is 14.0. The number of hydrogen-bond acceptors (Lipinski definition) is 4. The summed E-state index contributed by atoms with van der Waals surface area (Å²) in [7, 11) is 0. The standard InChI is InChI=1S/C17H24N4O/c1-12-18-15-11-21(16(22)9-13-5-2-3-6-13)10-14(15)17(19-12)20-7-4-8-20/h13H,2-11H2,1H3. The van der Waals surface area contributed by atoms with Crippen LogP contribution in [0.15, 0.2) is 0 Å². The number of nitrogens with zero attached hydrogens (tertiary/aromatic N) is 4. The molecule has 1 amide bonds. The lowest BCUT2D eigenvalue weighted by molar-refractivity contribution is -0.132. The van der Waals surface area contributed by atoms with Crippen LogP contribution in [0.4, 0.5) is 5.82 Å². The second-order valence-corrected chi connectivity index (χ2v) is 6.96. The van der Waals surface area contributed by atoms with Gasteiger partial charge in [0.25, 0.3) is 0 Å². The average molecular weight is 300 g/mol. The van der Waals surface area contributed by atoms with E-state index in [-0.39, 0.29) is 0 Å². The molecule has 4 rings (SSSR count). The van der Waals surface area contributed by atoms with Gasteiger partial charge in [-0.15, -0.1) is 0 Å². The van der Waals surface area contributed by atoms with E-state index in [1.807, 2.05) is 11.8 Å². The molecule has 0 radical (unpaired) electrons. The predicted molar refractivity (Wildman–Crippen MR) is 84.4 cm³/mol. The third-order valence-electron chi connectivity index (χ3n) is 5.32. The van der Waals surface area contributed by atoms with Gasteiger partial charge in [0.05, 0.1) is 18.8 Å². The van der Waals surface area contributed by atoms with Crippen LogP contribution in [0.25, 0.3) is 0 Å². The molecule has 1 aromatic rings. The normalized spacial score (nSPS) is 21.1. The minimum absolute atomic E-state index is 0.303. The molecule has 1 saturated carbocycles. The highest BCUT2D eigenvalue weighted by Crippen LogP contribution is 2.33. The highest BCUT2D eigenvalue weighted by Gasteiger charge is 2.32. The number of rotatable bonds is 3. The van der Waals surface area contributed by atoms with Gasteiger partial charge in [-0.05, 0) is 32.1 Å². The third kappa shape index (κ3) is 2.46. The van der Waals surface area contributed by atoms with E-state index in [4.69, 9.17) is 0 Å². The molecule has 0 spiro atoms. The highest BCUT2D eigenvalue weighted by atomic mass is 16.2. The molecular formula is C17H24N4O. The van der Waals surface area contributed by atoms with Crippen LogP contribution in [0.1, 0.15) is 55.6 Å². The summed E-state index contributed by atoms with van der Waals surface area (Å²) in [4.78, 5) is 26.1. The van der Waals surface area contributed by atoms with E-state index in [9.17, 15) is 4.79 Å². The number of aromatic nitrogens is 2. The summed E-state index contributed by atoms with van der Waals surface area (Å²) >= 11 is 0.